The monoisotopic (exact) mass is 289 g/mol. The van der Waals surface area contributed by atoms with Gasteiger partial charge in [0.2, 0.25) is 0 Å². The van der Waals surface area contributed by atoms with Crippen LogP contribution in [0.15, 0.2) is 30.7 Å². The topological polar surface area (TPSA) is 59.4 Å². The minimum atomic E-state index is 0.597. The molecule has 3 rings (SSSR count). The van der Waals surface area contributed by atoms with Gasteiger partial charge in [0.1, 0.15) is 5.01 Å². The van der Waals surface area contributed by atoms with Crippen molar-refractivity contribution in [2.24, 2.45) is 0 Å². The van der Waals surface area contributed by atoms with Gasteiger partial charge in [-0.25, -0.2) is 4.98 Å². The van der Waals surface area contributed by atoms with Gasteiger partial charge in [0.15, 0.2) is 10.6 Å². The summed E-state index contributed by atoms with van der Waals surface area (Å²) in [6.07, 6.45) is 5.35. The third-order valence-corrected chi connectivity index (χ3v) is 3.87. The highest BCUT2D eigenvalue weighted by Gasteiger charge is 2.10. The highest BCUT2D eigenvalue weighted by atomic mass is 32.1. The van der Waals surface area contributed by atoms with Crippen LogP contribution in [-0.4, -0.2) is 24.7 Å². The number of nitrogens with zero attached hydrogens (tertiary/aromatic N) is 4. The van der Waals surface area contributed by atoms with Gasteiger partial charge in [0.25, 0.3) is 0 Å². The Bertz CT molecular complexity index is 741. The summed E-state index contributed by atoms with van der Waals surface area (Å²) in [7, 11) is 0. The Balaban J connectivity index is 2.02. The second-order valence-electron chi connectivity index (χ2n) is 4.04. The van der Waals surface area contributed by atoms with E-state index < -0.39 is 0 Å². The van der Waals surface area contributed by atoms with Crippen LogP contribution in [0.1, 0.15) is 9.88 Å². The lowest BCUT2D eigenvalue weighted by molar-refractivity contribution is 0.783. The molecule has 0 spiro atoms. The maximum absolute atomic E-state index is 5.28. The lowest BCUT2D eigenvalue weighted by atomic mass is 10.2. The van der Waals surface area contributed by atoms with Gasteiger partial charge in [-0.05, 0) is 31.3 Å². The molecule has 0 saturated carbocycles. The smallest absolute Gasteiger partial charge is 0.195 e. The number of thiazole rings is 1. The molecule has 0 atom stereocenters. The number of H-pyrrole nitrogens is 1. The molecule has 0 fully saturated rings. The second-order valence-corrected chi connectivity index (χ2v) is 5.75. The zero-order chi connectivity index (χ0) is 13.2. The van der Waals surface area contributed by atoms with Gasteiger partial charge in [0.05, 0.1) is 6.54 Å². The largest absolute Gasteiger partial charge is 0.293 e. The van der Waals surface area contributed by atoms with Crippen LogP contribution in [0.5, 0.6) is 0 Å². The average molecular weight is 289 g/mol. The van der Waals surface area contributed by atoms with Crippen molar-refractivity contribution in [3.05, 3.63) is 45.4 Å². The van der Waals surface area contributed by atoms with Gasteiger partial charge in [-0.15, -0.1) is 11.3 Å². The predicted octanol–water partition coefficient (Wildman–Crippen LogP) is 2.82. The van der Waals surface area contributed by atoms with Crippen LogP contribution in [0.2, 0.25) is 0 Å². The number of aromatic amines is 1. The summed E-state index contributed by atoms with van der Waals surface area (Å²) in [5, 5.41) is 8.14. The first-order chi connectivity index (χ1) is 9.24. The van der Waals surface area contributed by atoms with Gasteiger partial charge < -0.3 is 0 Å². The van der Waals surface area contributed by atoms with Gasteiger partial charge in [-0.2, -0.15) is 5.10 Å². The van der Waals surface area contributed by atoms with E-state index in [1.54, 1.807) is 23.7 Å². The molecule has 0 aliphatic carbocycles. The van der Waals surface area contributed by atoms with E-state index in [2.05, 4.69) is 20.2 Å². The third kappa shape index (κ3) is 2.47. The van der Waals surface area contributed by atoms with E-state index in [9.17, 15) is 0 Å². The molecule has 3 aromatic rings. The van der Waals surface area contributed by atoms with Crippen LogP contribution >= 0.6 is 23.6 Å². The van der Waals surface area contributed by atoms with Crippen molar-refractivity contribution in [1.29, 1.82) is 0 Å². The van der Waals surface area contributed by atoms with E-state index in [1.807, 2.05) is 29.8 Å². The Kier molecular flexibility index (Phi) is 3.22. The molecule has 0 aromatic carbocycles. The van der Waals surface area contributed by atoms with Crippen molar-refractivity contribution < 1.29 is 0 Å². The average Bonchev–Trinajstić information content (AvgIpc) is 2.99. The summed E-state index contributed by atoms with van der Waals surface area (Å²) in [5.41, 5.74) is 0.982. The van der Waals surface area contributed by atoms with Crippen LogP contribution in [-0.2, 0) is 6.54 Å². The van der Waals surface area contributed by atoms with Gasteiger partial charge in [-0.3, -0.25) is 14.6 Å². The maximum Gasteiger partial charge on any atom is 0.195 e. The second kappa shape index (κ2) is 5.02. The molecular weight excluding hydrogens is 278 g/mol. The molecule has 7 heteroatoms. The summed E-state index contributed by atoms with van der Waals surface area (Å²) >= 11 is 6.95. The van der Waals surface area contributed by atoms with Gasteiger partial charge in [-0.1, -0.05) is 0 Å². The minimum absolute atomic E-state index is 0.597. The number of hydrogen-bond donors (Lipinski definition) is 1. The van der Waals surface area contributed by atoms with E-state index >= 15 is 0 Å². The fourth-order valence-corrected chi connectivity index (χ4v) is 2.77. The van der Waals surface area contributed by atoms with Crippen molar-refractivity contribution in [1.82, 2.24) is 24.7 Å². The van der Waals surface area contributed by atoms with Crippen molar-refractivity contribution >= 4 is 23.6 Å². The molecule has 0 unspecified atom stereocenters. The number of aryl methyl sites for hydroxylation is 1. The molecule has 0 bridgehead atoms. The Morgan fingerprint density at radius 1 is 1.37 bits per heavy atom. The molecule has 0 radical (unpaired) electrons. The molecule has 19 heavy (non-hydrogen) atoms. The molecule has 96 valence electrons. The van der Waals surface area contributed by atoms with Crippen molar-refractivity contribution in [3.8, 4) is 11.4 Å². The maximum atomic E-state index is 5.28. The minimum Gasteiger partial charge on any atom is -0.293 e. The highest BCUT2D eigenvalue weighted by Crippen LogP contribution is 2.19. The lowest BCUT2D eigenvalue weighted by Crippen LogP contribution is -2.02. The summed E-state index contributed by atoms with van der Waals surface area (Å²) < 4.78 is 2.54. The number of aromatic nitrogens is 5. The molecule has 3 heterocycles. The van der Waals surface area contributed by atoms with E-state index in [-0.39, 0.29) is 0 Å². The summed E-state index contributed by atoms with van der Waals surface area (Å²) in [6, 6.07) is 3.82. The summed E-state index contributed by atoms with van der Waals surface area (Å²) in [6.45, 7) is 2.67. The zero-order valence-corrected chi connectivity index (χ0v) is 11.8. The molecule has 5 nitrogen and oxygen atoms in total. The number of nitrogens with one attached hydrogen (secondary N) is 1. The van der Waals surface area contributed by atoms with Crippen molar-refractivity contribution in [2.75, 3.05) is 0 Å². The number of pyridine rings is 1. The molecule has 0 amide bonds. The van der Waals surface area contributed by atoms with Crippen LogP contribution in [0.3, 0.4) is 0 Å². The van der Waals surface area contributed by atoms with Crippen LogP contribution in [0.4, 0.5) is 0 Å². The lowest BCUT2D eigenvalue weighted by Gasteiger charge is -2.04. The molecule has 3 aromatic heterocycles. The van der Waals surface area contributed by atoms with Crippen molar-refractivity contribution in [3.63, 3.8) is 0 Å². The first kappa shape index (κ1) is 12.2. The SMILES string of the molecule is Cc1cnc(Cn2c(-c3ccncc3)n[nH]c2=S)s1. The fourth-order valence-electron chi connectivity index (χ4n) is 1.80. The molecule has 0 saturated heterocycles. The van der Waals surface area contributed by atoms with Crippen LogP contribution in [0, 0.1) is 11.7 Å². The molecule has 1 N–H and O–H groups in total. The van der Waals surface area contributed by atoms with Crippen LogP contribution < -0.4 is 0 Å². The molecular formula is C12H11N5S2. The Hall–Kier alpha value is -1.86. The first-order valence-electron chi connectivity index (χ1n) is 5.71. The summed E-state index contributed by atoms with van der Waals surface area (Å²) in [5.74, 6) is 0.806. The quantitative estimate of drug-likeness (QED) is 0.753. The van der Waals surface area contributed by atoms with E-state index in [4.69, 9.17) is 12.2 Å². The van der Waals surface area contributed by atoms with Gasteiger partial charge in [0, 0.05) is 29.0 Å². The zero-order valence-electron chi connectivity index (χ0n) is 10.2. The third-order valence-electron chi connectivity index (χ3n) is 2.66. The Morgan fingerprint density at radius 3 is 2.84 bits per heavy atom. The van der Waals surface area contributed by atoms with E-state index in [0.29, 0.717) is 11.3 Å². The van der Waals surface area contributed by atoms with E-state index in [1.165, 1.54) is 4.88 Å². The summed E-state index contributed by atoms with van der Waals surface area (Å²) in [4.78, 5) is 9.57. The fraction of sp³-hybridized carbons (Fsp3) is 0.167. The predicted molar refractivity (Wildman–Crippen MR) is 76.6 cm³/mol. The van der Waals surface area contributed by atoms with Crippen molar-refractivity contribution in [2.45, 2.75) is 13.5 Å². The van der Waals surface area contributed by atoms with Crippen LogP contribution in [0.25, 0.3) is 11.4 Å². The Morgan fingerprint density at radius 2 is 2.16 bits per heavy atom. The van der Waals surface area contributed by atoms with Gasteiger partial charge >= 0.3 is 0 Å². The first-order valence-corrected chi connectivity index (χ1v) is 6.93. The number of rotatable bonds is 3. The Labute approximate surface area is 119 Å². The normalized spacial score (nSPS) is 10.8. The highest BCUT2D eigenvalue weighted by molar-refractivity contribution is 7.71. The van der Waals surface area contributed by atoms with E-state index in [0.717, 1.165) is 16.4 Å². The number of hydrogen-bond acceptors (Lipinski definition) is 5. The molecule has 0 aliphatic heterocycles. The standard InChI is InChI=1S/C12H11N5S2/c1-8-6-14-10(19-8)7-17-11(15-16-12(17)18)9-2-4-13-5-3-9/h2-6H,7H2,1H3,(H,16,18). The molecule has 0 aliphatic rings.